The molecule has 0 spiro atoms. The second kappa shape index (κ2) is 6.05. The molecule has 0 saturated carbocycles. The van der Waals surface area contributed by atoms with Crippen LogP contribution in [0, 0.1) is 18.8 Å². The summed E-state index contributed by atoms with van der Waals surface area (Å²) in [6.45, 7) is 6.63. The van der Waals surface area contributed by atoms with Gasteiger partial charge in [0.05, 0.1) is 11.4 Å². The van der Waals surface area contributed by atoms with E-state index in [4.69, 9.17) is 0 Å². The van der Waals surface area contributed by atoms with Crippen molar-refractivity contribution in [3.63, 3.8) is 0 Å². The highest BCUT2D eigenvalue weighted by atomic mass is 16.4. The van der Waals surface area contributed by atoms with Crippen LogP contribution in [0.15, 0.2) is 30.5 Å². The second-order valence-corrected chi connectivity index (χ2v) is 6.56. The summed E-state index contributed by atoms with van der Waals surface area (Å²) >= 11 is 0. The van der Waals surface area contributed by atoms with E-state index in [2.05, 4.69) is 41.9 Å². The Hall–Kier alpha value is -1.94. The minimum absolute atomic E-state index is 0.244. The minimum Gasteiger partial charge on any atom is -0.481 e. The van der Waals surface area contributed by atoms with Gasteiger partial charge in [-0.1, -0.05) is 19.1 Å². The largest absolute Gasteiger partial charge is 0.481 e. The molecule has 116 valence electrons. The molecule has 0 aliphatic carbocycles. The third-order valence-corrected chi connectivity index (χ3v) is 4.45. The third-order valence-electron chi connectivity index (χ3n) is 4.45. The lowest BCUT2D eigenvalue weighted by Gasteiger charge is -2.34. The van der Waals surface area contributed by atoms with Crippen molar-refractivity contribution in [2.75, 3.05) is 13.1 Å². The number of carboxylic acid groups (broad SMARTS) is 1. The molecule has 22 heavy (non-hydrogen) atoms. The molecule has 2 aromatic rings. The number of rotatable bonds is 3. The van der Waals surface area contributed by atoms with Gasteiger partial charge >= 0.3 is 5.97 Å². The van der Waals surface area contributed by atoms with Crippen molar-refractivity contribution in [2.24, 2.45) is 11.8 Å². The maximum Gasteiger partial charge on any atom is 0.307 e. The van der Waals surface area contributed by atoms with E-state index in [0.717, 1.165) is 30.4 Å². The zero-order valence-corrected chi connectivity index (χ0v) is 13.1. The van der Waals surface area contributed by atoms with Gasteiger partial charge in [-0.25, -0.2) is 0 Å². The van der Waals surface area contributed by atoms with Gasteiger partial charge in [-0.15, -0.1) is 0 Å². The summed E-state index contributed by atoms with van der Waals surface area (Å²) in [4.78, 5) is 18.0. The molecule has 3 rings (SSSR count). The van der Waals surface area contributed by atoms with Gasteiger partial charge in [-0.2, -0.15) is 0 Å². The van der Waals surface area contributed by atoms with E-state index in [0.29, 0.717) is 12.5 Å². The highest BCUT2D eigenvalue weighted by molar-refractivity contribution is 5.82. The molecule has 2 unspecified atom stereocenters. The van der Waals surface area contributed by atoms with Crippen LogP contribution in [0.25, 0.3) is 10.9 Å². The van der Waals surface area contributed by atoms with Crippen molar-refractivity contribution in [3.8, 4) is 0 Å². The number of hydrogen-bond donors (Lipinski definition) is 1. The minimum atomic E-state index is -0.671. The molecule has 1 aliphatic heterocycles. The zero-order chi connectivity index (χ0) is 15.7. The summed E-state index contributed by atoms with van der Waals surface area (Å²) in [6, 6.07) is 8.38. The van der Waals surface area contributed by atoms with Gasteiger partial charge in [-0.3, -0.25) is 14.7 Å². The number of carbonyl (C=O) groups is 1. The number of benzene rings is 1. The van der Waals surface area contributed by atoms with Crippen LogP contribution in [0.5, 0.6) is 0 Å². The molecule has 1 aromatic heterocycles. The highest BCUT2D eigenvalue weighted by Gasteiger charge is 2.29. The summed E-state index contributed by atoms with van der Waals surface area (Å²) in [5.41, 5.74) is 3.45. The summed E-state index contributed by atoms with van der Waals surface area (Å²) in [5.74, 6) is -0.486. The van der Waals surface area contributed by atoms with E-state index < -0.39 is 5.97 Å². The van der Waals surface area contributed by atoms with Gasteiger partial charge in [0, 0.05) is 31.2 Å². The van der Waals surface area contributed by atoms with Crippen LogP contribution in [0.2, 0.25) is 0 Å². The number of likely N-dealkylation sites (tertiary alicyclic amines) is 1. The van der Waals surface area contributed by atoms with E-state index in [1.807, 2.05) is 12.3 Å². The Kier molecular flexibility index (Phi) is 4.12. The lowest BCUT2D eigenvalue weighted by molar-refractivity contribution is -0.144. The molecule has 0 bridgehead atoms. The van der Waals surface area contributed by atoms with Crippen LogP contribution in [0.1, 0.15) is 24.5 Å². The number of aryl methyl sites for hydroxylation is 1. The van der Waals surface area contributed by atoms with E-state index in [1.165, 1.54) is 11.1 Å². The lowest BCUT2D eigenvalue weighted by Crippen LogP contribution is -2.41. The topological polar surface area (TPSA) is 53.4 Å². The van der Waals surface area contributed by atoms with Crippen LogP contribution in [0.4, 0.5) is 0 Å². The van der Waals surface area contributed by atoms with Crippen LogP contribution >= 0.6 is 0 Å². The Morgan fingerprint density at radius 1 is 1.41 bits per heavy atom. The Labute approximate surface area is 130 Å². The Balaban J connectivity index is 1.82. The Morgan fingerprint density at radius 3 is 3.00 bits per heavy atom. The zero-order valence-electron chi connectivity index (χ0n) is 13.1. The smallest absolute Gasteiger partial charge is 0.307 e. The van der Waals surface area contributed by atoms with E-state index in [-0.39, 0.29) is 5.92 Å². The molecule has 0 radical (unpaired) electrons. The van der Waals surface area contributed by atoms with Crippen molar-refractivity contribution >= 4 is 16.9 Å². The predicted octanol–water partition coefficient (Wildman–Crippen LogP) is 3.09. The number of hydrogen-bond acceptors (Lipinski definition) is 3. The third kappa shape index (κ3) is 3.12. The van der Waals surface area contributed by atoms with E-state index in [9.17, 15) is 9.90 Å². The SMILES string of the molecule is Cc1cc(CN2CC(C)CC(C(=O)O)C2)cc2cccnc12. The first kappa shape index (κ1) is 15.0. The van der Waals surface area contributed by atoms with Gasteiger partial charge in [0.25, 0.3) is 0 Å². The van der Waals surface area contributed by atoms with E-state index in [1.54, 1.807) is 0 Å². The molecule has 0 amide bonds. The second-order valence-electron chi connectivity index (χ2n) is 6.56. The maximum atomic E-state index is 11.3. The first-order chi connectivity index (χ1) is 10.5. The molecule has 1 fully saturated rings. The average Bonchev–Trinajstić information content (AvgIpc) is 2.46. The summed E-state index contributed by atoms with van der Waals surface area (Å²) in [7, 11) is 0. The van der Waals surface area contributed by atoms with Crippen molar-refractivity contribution in [3.05, 3.63) is 41.6 Å². The molecule has 2 heterocycles. The van der Waals surface area contributed by atoms with Gasteiger partial charge in [0.1, 0.15) is 0 Å². The fourth-order valence-electron chi connectivity index (χ4n) is 3.57. The number of aliphatic carboxylic acids is 1. The fraction of sp³-hybridized carbons (Fsp3) is 0.444. The lowest BCUT2D eigenvalue weighted by atomic mass is 9.90. The number of pyridine rings is 1. The average molecular weight is 298 g/mol. The monoisotopic (exact) mass is 298 g/mol. The maximum absolute atomic E-state index is 11.3. The molecule has 1 aromatic carbocycles. The van der Waals surface area contributed by atoms with Gasteiger partial charge in [-0.05, 0) is 42.5 Å². The van der Waals surface area contributed by atoms with Gasteiger partial charge in [0.2, 0.25) is 0 Å². The van der Waals surface area contributed by atoms with Crippen LogP contribution < -0.4 is 0 Å². The van der Waals surface area contributed by atoms with Crippen molar-refractivity contribution in [1.29, 1.82) is 0 Å². The van der Waals surface area contributed by atoms with E-state index >= 15 is 0 Å². The van der Waals surface area contributed by atoms with Gasteiger partial charge in [0.15, 0.2) is 0 Å². The first-order valence-electron chi connectivity index (χ1n) is 7.82. The standard InChI is InChI=1S/C18H22N2O2/c1-12-6-16(18(21)22)11-20(9-12)10-14-7-13(2)17-15(8-14)4-3-5-19-17/h3-5,7-8,12,16H,6,9-11H2,1-2H3,(H,21,22). The van der Waals surface area contributed by atoms with Crippen LogP contribution in [-0.4, -0.2) is 34.0 Å². The molecule has 2 atom stereocenters. The molecule has 4 nitrogen and oxygen atoms in total. The number of carboxylic acids is 1. The Morgan fingerprint density at radius 2 is 2.23 bits per heavy atom. The highest BCUT2D eigenvalue weighted by Crippen LogP contribution is 2.25. The first-order valence-corrected chi connectivity index (χ1v) is 7.82. The number of nitrogens with zero attached hydrogens (tertiary/aromatic N) is 2. The number of piperidine rings is 1. The van der Waals surface area contributed by atoms with Crippen LogP contribution in [0.3, 0.4) is 0 Å². The molecule has 4 heteroatoms. The van der Waals surface area contributed by atoms with Crippen LogP contribution in [-0.2, 0) is 11.3 Å². The molecular formula is C18H22N2O2. The summed E-state index contributed by atoms with van der Waals surface area (Å²) < 4.78 is 0. The van der Waals surface area contributed by atoms with Crippen molar-refractivity contribution in [1.82, 2.24) is 9.88 Å². The molecule has 1 N–H and O–H groups in total. The fourth-order valence-corrected chi connectivity index (χ4v) is 3.57. The predicted molar refractivity (Wildman–Crippen MR) is 86.7 cm³/mol. The summed E-state index contributed by atoms with van der Waals surface area (Å²) in [6.07, 6.45) is 2.60. The number of aromatic nitrogens is 1. The normalized spacial score (nSPS) is 22.8. The summed E-state index contributed by atoms with van der Waals surface area (Å²) in [5, 5.41) is 10.4. The van der Waals surface area contributed by atoms with Crippen molar-refractivity contribution in [2.45, 2.75) is 26.8 Å². The quantitative estimate of drug-likeness (QED) is 0.946. The number of fused-ring (bicyclic) bond motifs is 1. The molecule has 1 aliphatic rings. The Bertz CT molecular complexity index is 699. The molecular weight excluding hydrogens is 276 g/mol. The molecule has 1 saturated heterocycles. The van der Waals surface area contributed by atoms with Crippen molar-refractivity contribution < 1.29 is 9.90 Å². The van der Waals surface area contributed by atoms with Gasteiger partial charge < -0.3 is 5.11 Å².